The van der Waals surface area contributed by atoms with E-state index in [1.165, 1.54) is 0 Å². The molecule has 114 valence electrons. The molecular weight excluding hydrogens is 276 g/mol. The Morgan fingerprint density at radius 3 is 2.50 bits per heavy atom. The van der Waals surface area contributed by atoms with Gasteiger partial charge in [-0.3, -0.25) is 4.79 Å². The van der Waals surface area contributed by atoms with Crippen molar-refractivity contribution in [1.82, 2.24) is 10.2 Å². The highest BCUT2D eigenvalue weighted by atomic mass is 32.2. The number of hydrogen-bond donors (Lipinski definition) is 1. The molecule has 1 saturated carbocycles. The van der Waals surface area contributed by atoms with Crippen molar-refractivity contribution in [1.29, 1.82) is 0 Å². The van der Waals surface area contributed by atoms with Gasteiger partial charge in [0.05, 0.1) is 5.75 Å². The molecule has 0 aromatic rings. The summed E-state index contributed by atoms with van der Waals surface area (Å²) in [7, 11) is -3.22. The minimum absolute atomic E-state index is 0.124. The molecule has 5 nitrogen and oxygen atoms in total. The van der Waals surface area contributed by atoms with E-state index in [9.17, 15) is 13.2 Å². The van der Waals surface area contributed by atoms with Gasteiger partial charge in [0, 0.05) is 18.6 Å². The lowest BCUT2D eigenvalue weighted by atomic mass is 10.1. The van der Waals surface area contributed by atoms with Crippen LogP contribution in [0.5, 0.6) is 0 Å². The summed E-state index contributed by atoms with van der Waals surface area (Å²) in [4.78, 5) is 14.6. The summed E-state index contributed by atoms with van der Waals surface area (Å²) in [6.07, 6.45) is 6.39. The third-order valence-corrected chi connectivity index (χ3v) is 6.87. The maximum Gasteiger partial charge on any atom is 0.241 e. The monoisotopic (exact) mass is 300 g/mol. The fraction of sp³-hybridized carbons (Fsp3) is 0.929. The van der Waals surface area contributed by atoms with Crippen LogP contribution < -0.4 is 5.32 Å². The Balaban J connectivity index is 1.71. The van der Waals surface area contributed by atoms with Crippen molar-refractivity contribution in [2.45, 2.75) is 62.3 Å². The molecule has 3 fully saturated rings. The minimum atomic E-state index is -3.22. The summed E-state index contributed by atoms with van der Waals surface area (Å²) in [6, 6.07) is 0.646. The molecule has 20 heavy (non-hydrogen) atoms. The van der Waals surface area contributed by atoms with Crippen LogP contribution in [0.2, 0.25) is 0 Å². The van der Waals surface area contributed by atoms with Crippen molar-refractivity contribution < 1.29 is 13.2 Å². The van der Waals surface area contributed by atoms with Crippen molar-refractivity contribution >= 4 is 15.7 Å². The molecule has 6 heteroatoms. The smallest absolute Gasteiger partial charge is 0.241 e. The van der Waals surface area contributed by atoms with Crippen LogP contribution >= 0.6 is 0 Å². The zero-order valence-electron chi connectivity index (χ0n) is 11.9. The lowest BCUT2D eigenvalue weighted by Crippen LogP contribution is -2.50. The summed E-state index contributed by atoms with van der Waals surface area (Å²) in [5.74, 6) is 0.0600. The van der Waals surface area contributed by atoms with Gasteiger partial charge in [0.25, 0.3) is 0 Å². The van der Waals surface area contributed by atoms with Gasteiger partial charge in [-0.25, -0.2) is 8.42 Å². The minimum Gasteiger partial charge on any atom is -0.337 e. The molecule has 1 amide bonds. The number of nitrogens with one attached hydrogen (secondary N) is 1. The van der Waals surface area contributed by atoms with Gasteiger partial charge in [0.2, 0.25) is 5.91 Å². The molecule has 2 aliphatic heterocycles. The largest absolute Gasteiger partial charge is 0.337 e. The molecular formula is C14H24N2O3S. The standard InChI is InChI=1S/C14H24N2O3S/c17-14(13-5-1-2-9-20(13,18)19)16(12-6-7-12)10-11-4-3-8-15-11/h11-13,15H,1-10H2. The van der Waals surface area contributed by atoms with Crippen LogP contribution in [-0.4, -0.2) is 55.4 Å². The number of carbonyl (C=O) groups excluding carboxylic acids is 1. The van der Waals surface area contributed by atoms with Crippen LogP contribution in [0.1, 0.15) is 44.9 Å². The second kappa shape index (κ2) is 5.64. The second-order valence-corrected chi connectivity index (χ2v) is 8.67. The number of hydrogen-bond acceptors (Lipinski definition) is 4. The summed E-state index contributed by atoms with van der Waals surface area (Å²) < 4.78 is 24.3. The van der Waals surface area contributed by atoms with Crippen LogP contribution in [0.4, 0.5) is 0 Å². The summed E-state index contributed by atoms with van der Waals surface area (Å²) in [5, 5.41) is 2.64. The zero-order chi connectivity index (χ0) is 14.2. The fourth-order valence-electron chi connectivity index (χ4n) is 3.37. The van der Waals surface area contributed by atoms with Gasteiger partial charge < -0.3 is 10.2 Å². The molecule has 2 unspecified atom stereocenters. The van der Waals surface area contributed by atoms with Gasteiger partial charge in [-0.05, 0) is 45.1 Å². The molecule has 1 aliphatic carbocycles. The Bertz CT molecular complexity index is 467. The van der Waals surface area contributed by atoms with E-state index in [0.717, 1.165) is 38.6 Å². The molecule has 0 bridgehead atoms. The predicted molar refractivity (Wildman–Crippen MR) is 77.2 cm³/mol. The third-order valence-electron chi connectivity index (χ3n) is 4.70. The van der Waals surface area contributed by atoms with Crippen LogP contribution in [0, 0.1) is 0 Å². The number of amides is 1. The number of rotatable bonds is 4. The molecule has 1 N–H and O–H groups in total. The molecule has 2 atom stereocenters. The normalized spacial score (nSPS) is 33.0. The van der Waals surface area contributed by atoms with E-state index in [4.69, 9.17) is 0 Å². The first kappa shape index (κ1) is 14.3. The van der Waals surface area contributed by atoms with Crippen molar-refractivity contribution in [3.63, 3.8) is 0 Å². The van der Waals surface area contributed by atoms with Gasteiger partial charge in [0.15, 0.2) is 9.84 Å². The Morgan fingerprint density at radius 2 is 1.90 bits per heavy atom. The SMILES string of the molecule is O=C(C1CCCCS1(=O)=O)N(CC1CCCN1)C1CC1. The Labute approximate surface area is 121 Å². The highest BCUT2D eigenvalue weighted by molar-refractivity contribution is 7.92. The lowest BCUT2D eigenvalue weighted by Gasteiger charge is -2.31. The zero-order valence-corrected chi connectivity index (χ0v) is 12.7. The summed E-state index contributed by atoms with van der Waals surface area (Å²) in [6.45, 7) is 1.70. The topological polar surface area (TPSA) is 66.5 Å². The van der Waals surface area contributed by atoms with Crippen molar-refractivity contribution in [3.8, 4) is 0 Å². The van der Waals surface area contributed by atoms with E-state index in [2.05, 4.69) is 5.32 Å². The van der Waals surface area contributed by atoms with E-state index in [1.807, 2.05) is 4.90 Å². The predicted octanol–water partition coefficient (Wildman–Crippen LogP) is 0.697. The number of sulfone groups is 1. The molecule has 2 heterocycles. The fourth-order valence-corrected chi connectivity index (χ4v) is 5.23. The molecule has 0 spiro atoms. The van der Waals surface area contributed by atoms with E-state index in [0.29, 0.717) is 31.5 Å². The van der Waals surface area contributed by atoms with Gasteiger partial charge in [-0.2, -0.15) is 0 Å². The summed E-state index contributed by atoms with van der Waals surface area (Å²) in [5.41, 5.74) is 0. The van der Waals surface area contributed by atoms with Crippen molar-refractivity contribution in [2.24, 2.45) is 0 Å². The highest BCUT2D eigenvalue weighted by Crippen LogP contribution is 2.31. The van der Waals surface area contributed by atoms with Gasteiger partial charge in [0.1, 0.15) is 5.25 Å². The first-order valence-electron chi connectivity index (χ1n) is 7.83. The first-order chi connectivity index (χ1) is 9.58. The maximum absolute atomic E-state index is 12.7. The van der Waals surface area contributed by atoms with E-state index in [-0.39, 0.29) is 11.7 Å². The second-order valence-electron chi connectivity index (χ2n) is 6.37. The van der Waals surface area contributed by atoms with Crippen LogP contribution in [0.25, 0.3) is 0 Å². The molecule has 0 aromatic heterocycles. The van der Waals surface area contributed by atoms with Crippen LogP contribution in [0.15, 0.2) is 0 Å². The highest BCUT2D eigenvalue weighted by Gasteiger charge is 2.42. The van der Waals surface area contributed by atoms with Crippen molar-refractivity contribution in [3.05, 3.63) is 0 Å². The number of carbonyl (C=O) groups is 1. The Kier molecular flexibility index (Phi) is 4.04. The lowest BCUT2D eigenvalue weighted by molar-refractivity contribution is -0.131. The quantitative estimate of drug-likeness (QED) is 0.830. The number of nitrogens with zero attached hydrogens (tertiary/aromatic N) is 1. The Morgan fingerprint density at radius 1 is 1.10 bits per heavy atom. The van der Waals surface area contributed by atoms with E-state index >= 15 is 0 Å². The third kappa shape index (κ3) is 3.01. The van der Waals surface area contributed by atoms with Gasteiger partial charge in [-0.1, -0.05) is 6.42 Å². The molecule has 3 rings (SSSR count). The van der Waals surface area contributed by atoms with Crippen molar-refractivity contribution in [2.75, 3.05) is 18.8 Å². The average Bonchev–Trinajstić information content (AvgIpc) is 3.12. The molecule has 0 radical (unpaired) electrons. The summed E-state index contributed by atoms with van der Waals surface area (Å²) >= 11 is 0. The van der Waals surface area contributed by atoms with Crippen LogP contribution in [-0.2, 0) is 14.6 Å². The molecule has 2 saturated heterocycles. The average molecular weight is 300 g/mol. The van der Waals surface area contributed by atoms with E-state index < -0.39 is 15.1 Å². The maximum atomic E-state index is 12.7. The van der Waals surface area contributed by atoms with Gasteiger partial charge >= 0.3 is 0 Å². The van der Waals surface area contributed by atoms with E-state index in [1.54, 1.807) is 0 Å². The van der Waals surface area contributed by atoms with Gasteiger partial charge in [-0.15, -0.1) is 0 Å². The first-order valence-corrected chi connectivity index (χ1v) is 9.55. The Hall–Kier alpha value is -0.620. The molecule has 0 aromatic carbocycles. The molecule has 3 aliphatic rings. The van der Waals surface area contributed by atoms with Crippen LogP contribution in [0.3, 0.4) is 0 Å².